The second kappa shape index (κ2) is 3.42. The fraction of sp³-hybridized carbons (Fsp3) is 0.167. The molecule has 0 aromatic carbocycles. The number of hydrogen-bond acceptors (Lipinski definition) is 3. The van der Waals surface area contributed by atoms with Crippen LogP contribution < -0.4 is 5.73 Å². The van der Waals surface area contributed by atoms with Gasteiger partial charge in [-0.15, -0.1) is 11.3 Å². The Morgan fingerprint density at radius 2 is 2.27 bits per heavy atom. The van der Waals surface area contributed by atoms with E-state index in [4.69, 9.17) is 34.2 Å². The Hall–Kier alpha value is -0.270. The molecule has 11 heavy (non-hydrogen) atoms. The lowest BCUT2D eigenvalue weighted by Crippen LogP contribution is -2.05. The van der Waals surface area contributed by atoms with E-state index in [1.807, 2.05) is 6.07 Å². The van der Waals surface area contributed by atoms with Crippen LogP contribution in [0, 0.1) is 11.3 Å². The maximum atomic E-state index is 8.45. The van der Waals surface area contributed by atoms with Crippen molar-refractivity contribution in [2.45, 2.75) is 6.04 Å². The van der Waals surface area contributed by atoms with Crippen molar-refractivity contribution < 1.29 is 0 Å². The molecule has 1 aromatic rings. The van der Waals surface area contributed by atoms with Gasteiger partial charge in [0, 0.05) is 5.56 Å². The monoisotopic (exact) mass is 206 g/mol. The normalized spacial score (nSPS) is 12.5. The summed E-state index contributed by atoms with van der Waals surface area (Å²) in [5.74, 6) is 0. The molecule has 2 N–H and O–H groups in total. The van der Waals surface area contributed by atoms with Crippen molar-refractivity contribution in [2.75, 3.05) is 0 Å². The van der Waals surface area contributed by atoms with Crippen LogP contribution in [0.5, 0.6) is 0 Å². The Bertz CT molecular complexity index is 302. The van der Waals surface area contributed by atoms with Crippen molar-refractivity contribution in [3.8, 4) is 6.07 Å². The fourth-order valence-electron chi connectivity index (χ4n) is 0.612. The van der Waals surface area contributed by atoms with Crippen molar-refractivity contribution in [3.05, 3.63) is 20.3 Å². The number of rotatable bonds is 1. The van der Waals surface area contributed by atoms with Crippen LogP contribution in [-0.4, -0.2) is 0 Å². The zero-order chi connectivity index (χ0) is 8.43. The van der Waals surface area contributed by atoms with Crippen LogP contribution in [-0.2, 0) is 0 Å². The highest BCUT2D eigenvalue weighted by atomic mass is 35.5. The Morgan fingerprint density at radius 1 is 1.64 bits per heavy atom. The minimum atomic E-state index is -0.675. The minimum Gasteiger partial charge on any atom is -0.312 e. The number of halogens is 2. The van der Waals surface area contributed by atoms with Crippen molar-refractivity contribution in [2.24, 2.45) is 5.73 Å². The summed E-state index contributed by atoms with van der Waals surface area (Å²) in [5.41, 5.74) is 6.01. The van der Waals surface area contributed by atoms with E-state index in [0.29, 0.717) is 14.9 Å². The highest BCUT2D eigenvalue weighted by Crippen LogP contribution is 2.34. The third-order valence-electron chi connectivity index (χ3n) is 1.19. The highest BCUT2D eigenvalue weighted by molar-refractivity contribution is 7.15. The summed E-state index contributed by atoms with van der Waals surface area (Å²) in [6, 6.07) is 1.20. The predicted molar refractivity (Wildman–Crippen MR) is 46.9 cm³/mol. The molecule has 0 bridgehead atoms. The first-order valence-electron chi connectivity index (χ1n) is 2.74. The molecule has 58 valence electrons. The quantitative estimate of drug-likeness (QED) is 0.769. The van der Waals surface area contributed by atoms with Crippen molar-refractivity contribution in [3.63, 3.8) is 0 Å². The first kappa shape index (κ1) is 8.82. The van der Waals surface area contributed by atoms with Crippen LogP contribution in [0.3, 0.4) is 0 Å². The van der Waals surface area contributed by atoms with E-state index in [1.165, 1.54) is 11.3 Å². The van der Waals surface area contributed by atoms with Gasteiger partial charge in [0.05, 0.1) is 11.1 Å². The average Bonchev–Trinajstić information content (AvgIpc) is 2.32. The first-order chi connectivity index (χ1) is 5.16. The van der Waals surface area contributed by atoms with E-state index < -0.39 is 6.04 Å². The smallest absolute Gasteiger partial charge is 0.121 e. The largest absolute Gasteiger partial charge is 0.312 e. The summed E-state index contributed by atoms with van der Waals surface area (Å²) >= 11 is 12.7. The highest BCUT2D eigenvalue weighted by Gasteiger charge is 2.13. The van der Waals surface area contributed by atoms with Crippen molar-refractivity contribution in [1.82, 2.24) is 0 Å². The SMILES string of the molecule is N#CC(N)c1csc(Cl)c1Cl. The molecule has 0 saturated carbocycles. The molecule has 0 radical (unpaired) electrons. The van der Waals surface area contributed by atoms with E-state index in [9.17, 15) is 0 Å². The number of nitriles is 1. The zero-order valence-corrected chi connectivity index (χ0v) is 7.67. The Kier molecular flexibility index (Phi) is 2.74. The molecule has 0 saturated heterocycles. The topological polar surface area (TPSA) is 49.8 Å². The van der Waals surface area contributed by atoms with E-state index >= 15 is 0 Å². The van der Waals surface area contributed by atoms with Crippen LogP contribution >= 0.6 is 34.5 Å². The lowest BCUT2D eigenvalue weighted by Gasteiger charge is -1.97. The van der Waals surface area contributed by atoms with Crippen LogP contribution in [0.25, 0.3) is 0 Å². The number of nitrogens with zero attached hydrogens (tertiary/aromatic N) is 1. The third-order valence-corrected chi connectivity index (χ3v) is 3.04. The van der Waals surface area contributed by atoms with Crippen molar-refractivity contribution in [1.29, 1.82) is 5.26 Å². The van der Waals surface area contributed by atoms with Gasteiger partial charge in [-0.25, -0.2) is 0 Å². The summed E-state index contributed by atoms with van der Waals surface area (Å²) < 4.78 is 0.479. The molecule has 2 nitrogen and oxygen atoms in total. The number of hydrogen-bond donors (Lipinski definition) is 1. The van der Waals surface area contributed by atoms with Crippen LogP contribution in [0.1, 0.15) is 11.6 Å². The molecule has 0 aliphatic heterocycles. The van der Waals surface area contributed by atoms with Crippen LogP contribution in [0.4, 0.5) is 0 Å². The van der Waals surface area contributed by atoms with Gasteiger partial charge < -0.3 is 5.73 Å². The van der Waals surface area contributed by atoms with E-state index in [-0.39, 0.29) is 0 Å². The van der Waals surface area contributed by atoms with Gasteiger partial charge in [0.1, 0.15) is 10.4 Å². The maximum Gasteiger partial charge on any atom is 0.121 e. The summed E-state index contributed by atoms with van der Waals surface area (Å²) in [7, 11) is 0. The number of thiophene rings is 1. The molecule has 0 fully saturated rings. The van der Waals surface area contributed by atoms with E-state index in [2.05, 4.69) is 0 Å². The molecule has 1 unspecified atom stereocenters. The average molecular weight is 207 g/mol. The van der Waals surface area contributed by atoms with Crippen LogP contribution in [0.15, 0.2) is 5.38 Å². The van der Waals surface area contributed by atoms with Gasteiger partial charge in [0.15, 0.2) is 0 Å². The van der Waals surface area contributed by atoms with E-state index in [1.54, 1.807) is 5.38 Å². The first-order valence-corrected chi connectivity index (χ1v) is 4.38. The molecule has 0 spiro atoms. The standard InChI is InChI=1S/C6H4Cl2N2S/c7-5-3(4(10)1-9)2-11-6(5)8/h2,4H,10H2. The second-order valence-electron chi connectivity index (χ2n) is 1.89. The van der Waals surface area contributed by atoms with Gasteiger partial charge >= 0.3 is 0 Å². The van der Waals surface area contributed by atoms with Gasteiger partial charge in [0.25, 0.3) is 0 Å². The number of nitrogens with two attached hydrogens (primary N) is 1. The van der Waals surface area contributed by atoms with Gasteiger partial charge in [-0.1, -0.05) is 23.2 Å². The molecule has 0 aliphatic carbocycles. The summed E-state index contributed by atoms with van der Waals surface area (Å²) in [4.78, 5) is 0. The summed E-state index contributed by atoms with van der Waals surface area (Å²) in [6.45, 7) is 0. The molecule has 0 aliphatic rings. The van der Waals surface area contributed by atoms with Crippen molar-refractivity contribution >= 4 is 34.5 Å². The lowest BCUT2D eigenvalue weighted by molar-refractivity contribution is 0.933. The molecule has 0 amide bonds. The Balaban J connectivity index is 3.07. The van der Waals surface area contributed by atoms with Crippen LogP contribution in [0.2, 0.25) is 9.36 Å². The Morgan fingerprint density at radius 3 is 2.64 bits per heavy atom. The predicted octanol–water partition coefficient (Wildman–Crippen LogP) is 2.58. The fourth-order valence-corrected chi connectivity index (χ4v) is 1.94. The molecular formula is C6H4Cl2N2S. The van der Waals surface area contributed by atoms with E-state index in [0.717, 1.165) is 0 Å². The maximum absolute atomic E-state index is 8.45. The Labute approximate surface area is 78.1 Å². The molecule has 1 atom stereocenters. The molecule has 1 heterocycles. The molecule has 1 rings (SSSR count). The second-order valence-corrected chi connectivity index (χ2v) is 3.75. The van der Waals surface area contributed by atoms with Gasteiger partial charge in [-0.3, -0.25) is 0 Å². The summed E-state index contributed by atoms with van der Waals surface area (Å²) in [6.07, 6.45) is 0. The van der Waals surface area contributed by atoms with Gasteiger partial charge in [0.2, 0.25) is 0 Å². The minimum absolute atomic E-state index is 0.394. The third kappa shape index (κ3) is 1.66. The molecular weight excluding hydrogens is 203 g/mol. The summed E-state index contributed by atoms with van der Waals surface area (Å²) in [5, 5.41) is 10.5. The van der Waals surface area contributed by atoms with Gasteiger partial charge in [-0.05, 0) is 5.38 Å². The lowest BCUT2D eigenvalue weighted by atomic mass is 10.2. The zero-order valence-electron chi connectivity index (χ0n) is 5.34. The molecule has 5 heteroatoms. The van der Waals surface area contributed by atoms with Gasteiger partial charge in [-0.2, -0.15) is 5.26 Å². The molecule has 1 aromatic heterocycles.